The molecule has 1 N–H and O–H groups in total. The molecular weight excluding hydrogens is 288 g/mol. The minimum atomic E-state index is -0.375. The van der Waals surface area contributed by atoms with Gasteiger partial charge in [0.2, 0.25) is 11.7 Å². The van der Waals surface area contributed by atoms with Gasteiger partial charge in [0.1, 0.15) is 0 Å². The highest BCUT2D eigenvalue weighted by Gasteiger charge is 2.18. The van der Waals surface area contributed by atoms with E-state index in [9.17, 15) is 4.79 Å². The number of nitrogens with one attached hydrogen (secondary N) is 1. The molecule has 0 bridgehead atoms. The number of hydrogen-bond donors (Lipinski definition) is 1. The number of rotatable bonds is 5. The molecule has 1 fully saturated rings. The van der Waals surface area contributed by atoms with Crippen molar-refractivity contribution >= 4 is 11.9 Å². The lowest BCUT2D eigenvalue weighted by Gasteiger charge is -2.16. The monoisotopic (exact) mass is 304 g/mol. The molecule has 3 heterocycles. The number of hydrogen-bond acceptors (Lipinski definition) is 8. The highest BCUT2D eigenvalue weighted by molar-refractivity contribution is 5.91. The SMILES string of the molecule is COc1nc(CNC(=O)c2ccno2)nc(N2CCCC2)n1. The van der Waals surface area contributed by atoms with Crippen molar-refractivity contribution in [3.05, 3.63) is 23.8 Å². The lowest BCUT2D eigenvalue weighted by Crippen LogP contribution is -2.26. The first kappa shape index (κ1) is 14.2. The van der Waals surface area contributed by atoms with Gasteiger partial charge in [0.25, 0.3) is 5.91 Å². The molecule has 9 nitrogen and oxygen atoms in total. The summed E-state index contributed by atoms with van der Waals surface area (Å²) in [6.45, 7) is 1.98. The Labute approximate surface area is 126 Å². The molecule has 2 aromatic rings. The van der Waals surface area contributed by atoms with Gasteiger partial charge in [0.15, 0.2) is 5.82 Å². The van der Waals surface area contributed by atoms with Crippen molar-refractivity contribution in [2.45, 2.75) is 19.4 Å². The molecule has 1 saturated heterocycles. The van der Waals surface area contributed by atoms with Crippen molar-refractivity contribution in [1.82, 2.24) is 25.4 Å². The number of aromatic nitrogens is 4. The standard InChI is InChI=1S/C13H16N6O3/c1-21-13-17-10(8-14-11(20)9-4-5-15-22-9)16-12(18-13)19-6-2-3-7-19/h4-5H,2-3,6-8H2,1H3,(H,14,20). The predicted octanol–water partition coefficient (Wildman–Crippen LogP) is 0.398. The molecule has 1 aliphatic heterocycles. The van der Waals surface area contributed by atoms with Crippen LogP contribution in [0.5, 0.6) is 6.01 Å². The van der Waals surface area contributed by atoms with E-state index < -0.39 is 0 Å². The second kappa shape index (κ2) is 6.37. The first-order valence-corrected chi connectivity index (χ1v) is 6.99. The van der Waals surface area contributed by atoms with Crippen LogP contribution in [0.25, 0.3) is 0 Å². The molecule has 9 heteroatoms. The van der Waals surface area contributed by atoms with Crippen molar-refractivity contribution < 1.29 is 14.1 Å². The van der Waals surface area contributed by atoms with Gasteiger partial charge in [-0.05, 0) is 12.8 Å². The zero-order chi connectivity index (χ0) is 15.4. The van der Waals surface area contributed by atoms with Gasteiger partial charge in [0.05, 0.1) is 19.9 Å². The largest absolute Gasteiger partial charge is 0.467 e. The van der Waals surface area contributed by atoms with Gasteiger partial charge in [-0.25, -0.2) is 0 Å². The number of ether oxygens (including phenoxy) is 1. The van der Waals surface area contributed by atoms with E-state index >= 15 is 0 Å². The summed E-state index contributed by atoms with van der Waals surface area (Å²) in [5.41, 5.74) is 0. The minimum Gasteiger partial charge on any atom is -0.467 e. The summed E-state index contributed by atoms with van der Waals surface area (Å²) in [6.07, 6.45) is 3.64. The molecule has 0 aliphatic carbocycles. The summed E-state index contributed by atoms with van der Waals surface area (Å²) in [5.74, 6) is 0.773. The fourth-order valence-corrected chi connectivity index (χ4v) is 2.19. The van der Waals surface area contributed by atoms with E-state index in [0.29, 0.717) is 11.8 Å². The Balaban J connectivity index is 1.72. The highest BCUT2D eigenvalue weighted by Crippen LogP contribution is 2.17. The van der Waals surface area contributed by atoms with E-state index in [1.165, 1.54) is 19.4 Å². The van der Waals surface area contributed by atoms with Crippen molar-refractivity contribution in [2.75, 3.05) is 25.1 Å². The van der Waals surface area contributed by atoms with Crippen LogP contribution in [0.15, 0.2) is 16.8 Å². The van der Waals surface area contributed by atoms with Crippen molar-refractivity contribution in [1.29, 1.82) is 0 Å². The minimum absolute atomic E-state index is 0.140. The van der Waals surface area contributed by atoms with Crippen LogP contribution in [0, 0.1) is 0 Å². The molecule has 0 radical (unpaired) electrons. The third-order valence-corrected chi connectivity index (χ3v) is 3.29. The fraction of sp³-hybridized carbons (Fsp3) is 0.462. The zero-order valence-corrected chi connectivity index (χ0v) is 12.2. The molecule has 116 valence electrons. The van der Waals surface area contributed by atoms with Crippen LogP contribution in [-0.2, 0) is 6.54 Å². The molecule has 0 saturated carbocycles. The molecule has 0 unspecified atom stereocenters. The van der Waals surface area contributed by atoms with Crippen LogP contribution in [0.3, 0.4) is 0 Å². The highest BCUT2D eigenvalue weighted by atomic mass is 16.5. The van der Waals surface area contributed by atoms with Gasteiger partial charge >= 0.3 is 6.01 Å². The second-order valence-corrected chi connectivity index (χ2v) is 4.79. The summed E-state index contributed by atoms with van der Waals surface area (Å²) >= 11 is 0. The fourth-order valence-electron chi connectivity index (χ4n) is 2.19. The second-order valence-electron chi connectivity index (χ2n) is 4.79. The van der Waals surface area contributed by atoms with E-state index in [0.717, 1.165) is 25.9 Å². The van der Waals surface area contributed by atoms with Crippen molar-refractivity contribution in [3.8, 4) is 6.01 Å². The maximum Gasteiger partial charge on any atom is 0.321 e. The van der Waals surface area contributed by atoms with Crippen LogP contribution in [0.2, 0.25) is 0 Å². The van der Waals surface area contributed by atoms with Gasteiger partial charge in [-0.1, -0.05) is 5.16 Å². The maximum absolute atomic E-state index is 11.8. The summed E-state index contributed by atoms with van der Waals surface area (Å²) < 4.78 is 9.89. The average Bonchev–Trinajstić information content (AvgIpc) is 3.24. The molecule has 3 rings (SSSR count). The Kier molecular flexibility index (Phi) is 4.12. The Bertz CT molecular complexity index is 639. The Morgan fingerprint density at radius 2 is 2.18 bits per heavy atom. The Morgan fingerprint density at radius 1 is 1.36 bits per heavy atom. The third kappa shape index (κ3) is 3.13. The van der Waals surface area contributed by atoms with Gasteiger partial charge in [-0.15, -0.1) is 0 Å². The number of carbonyl (C=O) groups is 1. The van der Waals surface area contributed by atoms with Gasteiger partial charge in [0, 0.05) is 19.2 Å². The summed E-state index contributed by atoms with van der Waals surface area (Å²) in [5, 5.41) is 6.16. The zero-order valence-electron chi connectivity index (χ0n) is 12.2. The normalized spacial score (nSPS) is 14.1. The topological polar surface area (TPSA) is 106 Å². The molecular formula is C13H16N6O3. The average molecular weight is 304 g/mol. The molecule has 22 heavy (non-hydrogen) atoms. The predicted molar refractivity (Wildman–Crippen MR) is 75.5 cm³/mol. The van der Waals surface area contributed by atoms with Crippen LogP contribution < -0.4 is 15.0 Å². The van der Waals surface area contributed by atoms with Crippen LogP contribution in [0.4, 0.5) is 5.95 Å². The van der Waals surface area contributed by atoms with E-state index in [1.54, 1.807) is 0 Å². The first-order chi connectivity index (χ1) is 10.8. The lowest BCUT2D eigenvalue weighted by atomic mass is 10.4. The Morgan fingerprint density at radius 3 is 2.86 bits per heavy atom. The lowest BCUT2D eigenvalue weighted by molar-refractivity contribution is 0.0912. The Hall–Kier alpha value is -2.71. The van der Waals surface area contributed by atoms with Crippen molar-refractivity contribution in [2.24, 2.45) is 0 Å². The van der Waals surface area contributed by atoms with Crippen LogP contribution in [0.1, 0.15) is 29.2 Å². The van der Waals surface area contributed by atoms with E-state index in [2.05, 4.69) is 30.3 Å². The first-order valence-electron chi connectivity index (χ1n) is 6.99. The molecule has 1 aliphatic rings. The quantitative estimate of drug-likeness (QED) is 0.846. The van der Waals surface area contributed by atoms with E-state index in [4.69, 9.17) is 9.26 Å². The number of nitrogens with zero attached hydrogens (tertiary/aromatic N) is 5. The van der Waals surface area contributed by atoms with E-state index in [1.807, 2.05) is 0 Å². The summed E-state index contributed by atoms with van der Waals surface area (Å²) in [4.78, 5) is 26.7. The molecule has 2 aromatic heterocycles. The molecule has 0 aromatic carbocycles. The van der Waals surface area contributed by atoms with Crippen molar-refractivity contribution in [3.63, 3.8) is 0 Å². The molecule has 0 atom stereocenters. The van der Waals surface area contributed by atoms with Gasteiger partial charge in [-0.3, -0.25) is 4.79 Å². The number of amides is 1. The number of methoxy groups -OCH3 is 1. The molecule has 0 spiro atoms. The van der Waals surface area contributed by atoms with Gasteiger partial charge in [-0.2, -0.15) is 15.0 Å². The van der Waals surface area contributed by atoms with Crippen LogP contribution >= 0.6 is 0 Å². The van der Waals surface area contributed by atoms with E-state index in [-0.39, 0.29) is 24.2 Å². The number of carbonyl (C=O) groups excluding carboxylic acids is 1. The van der Waals surface area contributed by atoms with Gasteiger partial charge < -0.3 is 19.5 Å². The third-order valence-electron chi connectivity index (χ3n) is 3.29. The summed E-state index contributed by atoms with van der Waals surface area (Å²) in [7, 11) is 1.50. The maximum atomic E-state index is 11.8. The van der Waals surface area contributed by atoms with Crippen LogP contribution in [-0.4, -0.2) is 46.2 Å². The summed E-state index contributed by atoms with van der Waals surface area (Å²) in [6, 6.07) is 1.72. The molecule has 1 amide bonds. The smallest absolute Gasteiger partial charge is 0.321 e. The number of anilines is 1.